The molecule has 2 rings (SSSR count). The van der Waals surface area contributed by atoms with Crippen molar-refractivity contribution < 1.29 is 19.4 Å². The Morgan fingerprint density at radius 3 is 2.00 bits per heavy atom. The van der Waals surface area contributed by atoms with Gasteiger partial charge in [0.25, 0.3) is 0 Å². The Balaban J connectivity index is 2.30. The summed E-state index contributed by atoms with van der Waals surface area (Å²) in [6.45, 7) is 0. The molecule has 0 aromatic heterocycles. The molecule has 0 aliphatic rings. The van der Waals surface area contributed by atoms with Crippen molar-refractivity contribution in [3.63, 3.8) is 0 Å². The minimum atomic E-state index is -0.947. The van der Waals surface area contributed by atoms with E-state index in [1.54, 1.807) is 43.5 Å². The summed E-state index contributed by atoms with van der Waals surface area (Å²) in [6.07, 6.45) is 0. The van der Waals surface area contributed by atoms with Gasteiger partial charge < -0.3 is 14.6 Å². The minimum absolute atomic E-state index is 0.251. The van der Waals surface area contributed by atoms with Gasteiger partial charge in [0.05, 0.1) is 19.8 Å². The summed E-state index contributed by atoms with van der Waals surface area (Å²) in [5.74, 6) is 1.13. The Kier molecular flexibility index (Phi) is 5.08. The molecule has 1 N–H and O–H groups in total. The van der Waals surface area contributed by atoms with Crippen LogP contribution in [0.3, 0.4) is 0 Å². The van der Waals surface area contributed by atoms with Crippen LogP contribution in [0.4, 0.5) is 0 Å². The standard InChI is InChI=1S/C14H10I2O4/c1-19-9-2-4-10(5-3-9)20-13-11(15)6-8(14(17)18)7-12(13)16/h2-7H,1H3,(H,17,18). The third-order valence-electron chi connectivity index (χ3n) is 2.52. The summed E-state index contributed by atoms with van der Waals surface area (Å²) >= 11 is 4.14. The highest BCUT2D eigenvalue weighted by Gasteiger charge is 2.13. The largest absolute Gasteiger partial charge is 0.497 e. The molecule has 0 aliphatic heterocycles. The number of halogens is 2. The Morgan fingerprint density at radius 1 is 1.05 bits per heavy atom. The molecule has 0 heterocycles. The Morgan fingerprint density at radius 2 is 1.55 bits per heavy atom. The molecule has 2 aromatic rings. The molecular formula is C14H10I2O4. The van der Waals surface area contributed by atoms with Crippen LogP contribution >= 0.6 is 45.2 Å². The zero-order valence-electron chi connectivity index (χ0n) is 10.4. The predicted octanol–water partition coefficient (Wildman–Crippen LogP) is 4.39. The van der Waals surface area contributed by atoms with Crippen molar-refractivity contribution in [2.24, 2.45) is 0 Å². The number of carboxylic acids is 1. The maximum atomic E-state index is 11.0. The smallest absolute Gasteiger partial charge is 0.335 e. The number of methoxy groups -OCH3 is 1. The van der Waals surface area contributed by atoms with Gasteiger partial charge in [0.15, 0.2) is 5.75 Å². The fourth-order valence-electron chi connectivity index (χ4n) is 1.54. The SMILES string of the molecule is COc1ccc(Oc2c(I)cc(C(=O)O)cc2I)cc1. The van der Waals surface area contributed by atoms with E-state index < -0.39 is 5.97 Å². The minimum Gasteiger partial charge on any atom is -0.497 e. The molecule has 2 aromatic carbocycles. The number of ether oxygens (including phenoxy) is 2. The second-order valence-corrected chi connectivity index (χ2v) is 6.18. The second-order valence-electron chi connectivity index (χ2n) is 3.85. The lowest BCUT2D eigenvalue weighted by Gasteiger charge is -2.11. The van der Waals surface area contributed by atoms with E-state index in [-0.39, 0.29) is 5.56 Å². The maximum absolute atomic E-state index is 11.0. The number of rotatable bonds is 4. The summed E-state index contributed by atoms with van der Waals surface area (Å²) in [6, 6.07) is 10.4. The molecule has 104 valence electrons. The van der Waals surface area contributed by atoms with E-state index in [9.17, 15) is 4.79 Å². The summed E-state index contributed by atoms with van der Waals surface area (Å²) in [4.78, 5) is 11.0. The lowest BCUT2D eigenvalue weighted by Crippen LogP contribution is -2.00. The van der Waals surface area contributed by atoms with Crippen LogP contribution in [0.1, 0.15) is 10.4 Å². The lowest BCUT2D eigenvalue weighted by atomic mass is 10.2. The molecule has 0 amide bonds. The van der Waals surface area contributed by atoms with Crippen molar-refractivity contribution in [2.45, 2.75) is 0 Å². The first-order valence-corrected chi connectivity index (χ1v) is 7.71. The van der Waals surface area contributed by atoms with Crippen molar-refractivity contribution in [3.05, 3.63) is 49.1 Å². The van der Waals surface area contributed by atoms with Gasteiger partial charge in [-0.2, -0.15) is 0 Å². The second kappa shape index (κ2) is 6.61. The number of hydrogen-bond donors (Lipinski definition) is 1. The molecule has 0 radical (unpaired) electrons. The first-order valence-electron chi connectivity index (χ1n) is 5.55. The van der Waals surface area contributed by atoms with E-state index in [4.69, 9.17) is 14.6 Å². The van der Waals surface area contributed by atoms with E-state index in [0.717, 1.165) is 12.9 Å². The highest BCUT2D eigenvalue weighted by molar-refractivity contribution is 14.1. The van der Waals surface area contributed by atoms with Crippen LogP contribution in [-0.4, -0.2) is 18.2 Å². The van der Waals surface area contributed by atoms with Gasteiger partial charge in [-0.05, 0) is 81.6 Å². The zero-order valence-corrected chi connectivity index (χ0v) is 14.7. The molecule has 0 unspecified atom stereocenters. The molecular weight excluding hydrogens is 486 g/mol. The summed E-state index contributed by atoms with van der Waals surface area (Å²) in [7, 11) is 1.60. The molecule has 0 atom stereocenters. The van der Waals surface area contributed by atoms with Gasteiger partial charge in [0.1, 0.15) is 11.5 Å². The fraction of sp³-hybridized carbons (Fsp3) is 0.0714. The number of carbonyl (C=O) groups is 1. The molecule has 0 fully saturated rings. The Bertz CT molecular complexity index is 615. The molecule has 0 saturated carbocycles. The van der Waals surface area contributed by atoms with Gasteiger partial charge in [0, 0.05) is 0 Å². The van der Waals surface area contributed by atoms with E-state index in [1.165, 1.54) is 0 Å². The summed E-state index contributed by atoms with van der Waals surface area (Å²) in [5, 5.41) is 9.01. The molecule has 6 heteroatoms. The molecule has 4 nitrogen and oxygen atoms in total. The lowest BCUT2D eigenvalue weighted by molar-refractivity contribution is 0.0696. The molecule has 20 heavy (non-hydrogen) atoms. The van der Waals surface area contributed by atoms with Gasteiger partial charge in [0.2, 0.25) is 0 Å². The number of carboxylic acid groups (broad SMARTS) is 1. The highest BCUT2D eigenvalue weighted by atomic mass is 127. The van der Waals surface area contributed by atoms with Gasteiger partial charge in [-0.15, -0.1) is 0 Å². The number of benzene rings is 2. The first-order chi connectivity index (χ1) is 9.51. The van der Waals surface area contributed by atoms with Gasteiger partial charge in [-0.1, -0.05) is 0 Å². The van der Waals surface area contributed by atoms with Crippen LogP contribution in [0.25, 0.3) is 0 Å². The average molecular weight is 496 g/mol. The van der Waals surface area contributed by atoms with Crippen molar-refractivity contribution in [1.29, 1.82) is 0 Å². The van der Waals surface area contributed by atoms with Crippen molar-refractivity contribution in [3.8, 4) is 17.2 Å². The monoisotopic (exact) mass is 496 g/mol. The average Bonchev–Trinajstić information content (AvgIpc) is 2.43. The predicted molar refractivity (Wildman–Crippen MR) is 91.9 cm³/mol. The van der Waals surface area contributed by atoms with Gasteiger partial charge in [-0.25, -0.2) is 4.79 Å². The highest BCUT2D eigenvalue weighted by Crippen LogP contribution is 2.33. The van der Waals surface area contributed by atoms with E-state index in [1.807, 2.05) is 0 Å². The third kappa shape index (κ3) is 3.54. The first kappa shape index (κ1) is 15.4. The summed E-state index contributed by atoms with van der Waals surface area (Å²) in [5.41, 5.74) is 0.251. The number of aromatic carboxylic acids is 1. The molecule has 0 saturated heterocycles. The molecule has 0 spiro atoms. The maximum Gasteiger partial charge on any atom is 0.335 e. The zero-order chi connectivity index (χ0) is 14.7. The quantitative estimate of drug-likeness (QED) is 0.639. The Labute approximate surface area is 143 Å². The van der Waals surface area contributed by atoms with E-state index >= 15 is 0 Å². The van der Waals surface area contributed by atoms with Crippen LogP contribution in [-0.2, 0) is 0 Å². The van der Waals surface area contributed by atoms with E-state index in [0.29, 0.717) is 11.5 Å². The fourth-order valence-corrected chi connectivity index (χ4v) is 3.53. The normalized spacial score (nSPS) is 10.2. The van der Waals surface area contributed by atoms with Crippen molar-refractivity contribution >= 4 is 51.2 Å². The van der Waals surface area contributed by atoms with Crippen LogP contribution in [0.15, 0.2) is 36.4 Å². The number of hydrogen-bond acceptors (Lipinski definition) is 3. The van der Waals surface area contributed by atoms with Crippen molar-refractivity contribution in [1.82, 2.24) is 0 Å². The van der Waals surface area contributed by atoms with E-state index in [2.05, 4.69) is 45.2 Å². The van der Waals surface area contributed by atoms with Gasteiger partial charge in [-0.3, -0.25) is 0 Å². The Hall–Kier alpha value is -1.03. The van der Waals surface area contributed by atoms with Crippen LogP contribution in [0.5, 0.6) is 17.2 Å². The molecule has 0 aliphatic carbocycles. The topological polar surface area (TPSA) is 55.8 Å². The van der Waals surface area contributed by atoms with Crippen LogP contribution in [0.2, 0.25) is 0 Å². The summed E-state index contributed by atoms with van der Waals surface area (Å²) < 4.78 is 12.4. The van der Waals surface area contributed by atoms with Crippen molar-refractivity contribution in [2.75, 3.05) is 7.11 Å². The van der Waals surface area contributed by atoms with Crippen LogP contribution < -0.4 is 9.47 Å². The van der Waals surface area contributed by atoms with Crippen LogP contribution in [0, 0.1) is 7.14 Å². The van der Waals surface area contributed by atoms with Gasteiger partial charge >= 0.3 is 5.97 Å². The third-order valence-corrected chi connectivity index (χ3v) is 4.13. The molecule has 0 bridgehead atoms.